The maximum absolute atomic E-state index is 15.1. The Labute approximate surface area is 159 Å². The number of phenolic OH excluding ortho intramolecular Hbond substituents is 1. The molecule has 1 fully saturated rings. The van der Waals surface area contributed by atoms with Crippen molar-refractivity contribution in [2.75, 3.05) is 23.9 Å². The molecule has 0 bridgehead atoms. The molecule has 0 aromatic heterocycles. The summed E-state index contributed by atoms with van der Waals surface area (Å²) >= 11 is 0. The van der Waals surface area contributed by atoms with Crippen molar-refractivity contribution in [2.24, 2.45) is 0 Å². The number of carbonyl (C=O) groups excluding carboxylic acids is 1. The normalized spacial score (nSPS) is 19.6. The lowest BCUT2D eigenvalue weighted by molar-refractivity contribution is -0.135. The maximum atomic E-state index is 15.1. The minimum Gasteiger partial charge on any atom is -0.506 e. The van der Waals surface area contributed by atoms with Gasteiger partial charge in [0.25, 0.3) is 5.91 Å². The number of hydrogen-bond acceptors (Lipinski definition) is 5. The van der Waals surface area contributed by atoms with Crippen LogP contribution >= 0.6 is 0 Å². The topological polar surface area (TPSA) is 90.0 Å². The first kappa shape index (κ1) is 20.6. The summed E-state index contributed by atoms with van der Waals surface area (Å²) in [6.07, 6.45) is -4.46. The summed E-state index contributed by atoms with van der Waals surface area (Å²) in [5.41, 5.74) is 0.0709. The van der Waals surface area contributed by atoms with Gasteiger partial charge in [-0.2, -0.15) is 21.6 Å². The van der Waals surface area contributed by atoms with Gasteiger partial charge in [-0.3, -0.25) is 9.69 Å². The molecule has 2 aliphatic rings. The second-order valence-corrected chi connectivity index (χ2v) is 8.43. The molecule has 156 valence electrons. The molecule has 2 aliphatic heterocycles. The van der Waals surface area contributed by atoms with Gasteiger partial charge in [0.2, 0.25) is 0 Å². The Morgan fingerprint density at radius 1 is 1.21 bits per heavy atom. The molecule has 3 rings (SSSR count). The van der Waals surface area contributed by atoms with E-state index in [0.29, 0.717) is 35.8 Å². The van der Waals surface area contributed by atoms with Crippen LogP contribution in [0.2, 0.25) is 0 Å². The molecule has 0 spiro atoms. The maximum Gasteiger partial charge on any atom is 0.389 e. The predicted molar refractivity (Wildman–Crippen MR) is 91.4 cm³/mol. The SMILES string of the molecule is O=C1CN(c2c(O)cc3c(c2F)CN(CCCCC(F)(F)F)CC3)S(=O)(=O)N1. The number of amides is 1. The third-order valence-corrected chi connectivity index (χ3v) is 6.12. The third kappa shape index (κ3) is 4.32. The number of halogens is 4. The quantitative estimate of drug-likeness (QED) is 0.555. The minimum absolute atomic E-state index is 0.0318. The molecule has 12 heteroatoms. The van der Waals surface area contributed by atoms with Crippen LogP contribution in [0.3, 0.4) is 0 Å². The van der Waals surface area contributed by atoms with Crippen LogP contribution in [0.25, 0.3) is 0 Å². The van der Waals surface area contributed by atoms with E-state index in [-0.39, 0.29) is 18.5 Å². The lowest BCUT2D eigenvalue weighted by Crippen LogP contribution is -2.34. The van der Waals surface area contributed by atoms with Crippen molar-refractivity contribution >= 4 is 21.8 Å². The number of hydrogen-bond donors (Lipinski definition) is 2. The molecule has 0 unspecified atom stereocenters. The number of aromatic hydroxyl groups is 1. The minimum atomic E-state index is -4.29. The highest BCUT2D eigenvalue weighted by Crippen LogP contribution is 2.39. The highest BCUT2D eigenvalue weighted by molar-refractivity contribution is 7.92. The highest BCUT2D eigenvalue weighted by atomic mass is 32.2. The van der Waals surface area contributed by atoms with Gasteiger partial charge >= 0.3 is 16.4 Å². The van der Waals surface area contributed by atoms with Gasteiger partial charge in [0.05, 0.1) is 0 Å². The van der Waals surface area contributed by atoms with E-state index in [2.05, 4.69) is 0 Å². The predicted octanol–water partition coefficient (Wildman–Crippen LogP) is 1.80. The standard InChI is InChI=1S/C16H19F4N3O4S/c17-14-11-8-22(5-2-1-4-16(18,19)20)6-3-10(11)7-12(24)15(14)23-9-13(25)21-28(23,26)27/h7,24H,1-6,8-9H2,(H,21,25). The fraction of sp³-hybridized carbons (Fsp3) is 0.562. The number of benzene rings is 1. The number of unbranched alkanes of at least 4 members (excludes halogenated alkanes) is 1. The molecule has 0 atom stereocenters. The largest absolute Gasteiger partial charge is 0.506 e. The van der Waals surface area contributed by atoms with Crippen molar-refractivity contribution in [3.8, 4) is 5.75 Å². The van der Waals surface area contributed by atoms with Crippen LogP contribution in [0, 0.1) is 5.82 Å². The first-order chi connectivity index (χ1) is 13.0. The van der Waals surface area contributed by atoms with Crippen LogP contribution in [0.4, 0.5) is 23.2 Å². The fourth-order valence-corrected chi connectivity index (χ4v) is 4.59. The van der Waals surface area contributed by atoms with E-state index in [4.69, 9.17) is 0 Å². The Morgan fingerprint density at radius 3 is 2.54 bits per heavy atom. The summed E-state index contributed by atoms with van der Waals surface area (Å²) < 4.78 is 77.9. The van der Waals surface area contributed by atoms with Crippen molar-refractivity contribution in [1.82, 2.24) is 9.62 Å². The molecule has 0 radical (unpaired) electrons. The van der Waals surface area contributed by atoms with E-state index in [0.717, 1.165) is 0 Å². The van der Waals surface area contributed by atoms with E-state index >= 15 is 4.39 Å². The Kier molecular flexibility index (Phi) is 5.45. The van der Waals surface area contributed by atoms with Crippen molar-refractivity contribution in [3.63, 3.8) is 0 Å². The molecular weight excluding hydrogens is 406 g/mol. The smallest absolute Gasteiger partial charge is 0.389 e. The van der Waals surface area contributed by atoms with Crippen LogP contribution in [0.15, 0.2) is 6.07 Å². The van der Waals surface area contributed by atoms with Crippen molar-refractivity contribution < 1.29 is 35.9 Å². The Balaban J connectivity index is 1.78. The molecular formula is C16H19F4N3O4S. The molecule has 1 amide bonds. The molecule has 0 aliphatic carbocycles. The Morgan fingerprint density at radius 2 is 1.93 bits per heavy atom. The summed E-state index contributed by atoms with van der Waals surface area (Å²) in [7, 11) is -4.29. The number of anilines is 1. The molecule has 2 N–H and O–H groups in total. The lowest BCUT2D eigenvalue weighted by Gasteiger charge is -2.30. The molecule has 7 nitrogen and oxygen atoms in total. The fourth-order valence-electron chi connectivity index (χ4n) is 3.43. The third-order valence-electron chi connectivity index (χ3n) is 4.75. The zero-order valence-electron chi connectivity index (χ0n) is 14.7. The average Bonchev–Trinajstić information content (AvgIpc) is 2.83. The number of nitrogens with one attached hydrogen (secondary N) is 1. The first-order valence-corrected chi connectivity index (χ1v) is 10.1. The number of nitrogens with zero attached hydrogens (tertiary/aromatic N) is 2. The van der Waals surface area contributed by atoms with Gasteiger partial charge in [-0.25, -0.2) is 13.4 Å². The zero-order valence-corrected chi connectivity index (χ0v) is 15.5. The van der Waals surface area contributed by atoms with E-state index < -0.39 is 52.5 Å². The van der Waals surface area contributed by atoms with Gasteiger partial charge in [-0.15, -0.1) is 0 Å². The average molecular weight is 425 g/mol. The van der Waals surface area contributed by atoms with Crippen LogP contribution < -0.4 is 9.03 Å². The van der Waals surface area contributed by atoms with Crippen molar-refractivity contribution in [1.29, 1.82) is 0 Å². The zero-order chi connectivity index (χ0) is 20.7. The van der Waals surface area contributed by atoms with Gasteiger partial charge < -0.3 is 5.11 Å². The summed E-state index contributed by atoms with van der Waals surface area (Å²) in [4.78, 5) is 13.2. The van der Waals surface area contributed by atoms with Gasteiger partial charge in [0, 0.05) is 25.1 Å². The molecule has 1 saturated heterocycles. The molecule has 1 aromatic rings. The number of carbonyl (C=O) groups is 1. The summed E-state index contributed by atoms with van der Waals surface area (Å²) in [5, 5.41) is 10.1. The van der Waals surface area contributed by atoms with Crippen LogP contribution in [0.5, 0.6) is 5.75 Å². The van der Waals surface area contributed by atoms with Crippen molar-refractivity contribution in [3.05, 3.63) is 23.0 Å². The van der Waals surface area contributed by atoms with Gasteiger partial charge in [-0.05, 0) is 37.4 Å². The number of alkyl halides is 3. The van der Waals surface area contributed by atoms with E-state index in [9.17, 15) is 31.5 Å². The lowest BCUT2D eigenvalue weighted by atomic mass is 9.97. The van der Waals surface area contributed by atoms with Gasteiger partial charge in [0.1, 0.15) is 18.0 Å². The second kappa shape index (κ2) is 7.39. The van der Waals surface area contributed by atoms with Gasteiger partial charge in [-0.1, -0.05) is 0 Å². The Bertz CT molecular complexity index is 889. The summed E-state index contributed by atoms with van der Waals surface area (Å²) in [6, 6.07) is 1.27. The monoisotopic (exact) mass is 425 g/mol. The second-order valence-electron chi connectivity index (χ2n) is 6.83. The number of fused-ring (bicyclic) bond motifs is 1. The van der Waals surface area contributed by atoms with Crippen LogP contribution in [-0.4, -0.2) is 50.1 Å². The highest BCUT2D eigenvalue weighted by Gasteiger charge is 2.39. The van der Waals surface area contributed by atoms with Crippen LogP contribution in [-0.2, 0) is 28.0 Å². The molecule has 28 heavy (non-hydrogen) atoms. The molecule has 1 aromatic carbocycles. The summed E-state index contributed by atoms with van der Waals surface area (Å²) in [5.74, 6) is -2.38. The molecule has 0 saturated carbocycles. The van der Waals surface area contributed by atoms with E-state index in [1.165, 1.54) is 6.07 Å². The number of phenols is 1. The first-order valence-electron chi connectivity index (χ1n) is 8.63. The van der Waals surface area contributed by atoms with Crippen LogP contribution in [0.1, 0.15) is 30.4 Å². The molecule has 2 heterocycles. The van der Waals surface area contributed by atoms with E-state index in [1.54, 1.807) is 9.62 Å². The summed E-state index contributed by atoms with van der Waals surface area (Å²) in [6.45, 7) is 0.259. The van der Waals surface area contributed by atoms with E-state index in [1.807, 2.05) is 0 Å². The van der Waals surface area contributed by atoms with Gasteiger partial charge in [0.15, 0.2) is 5.82 Å². The Hall–Kier alpha value is -2.08. The van der Waals surface area contributed by atoms with Crippen molar-refractivity contribution in [2.45, 2.75) is 38.4 Å². The number of rotatable bonds is 5.